The highest BCUT2D eigenvalue weighted by Gasteiger charge is 2.15. The fourth-order valence-electron chi connectivity index (χ4n) is 1.10. The molecule has 0 aliphatic carbocycles. The Morgan fingerprint density at radius 1 is 1.21 bits per heavy atom. The van der Waals surface area contributed by atoms with Crippen molar-refractivity contribution >= 4 is 12.7 Å². The second-order valence-electron chi connectivity index (χ2n) is 2.99. The highest BCUT2D eigenvalue weighted by Crippen LogP contribution is 2.13. The van der Waals surface area contributed by atoms with Crippen molar-refractivity contribution in [1.82, 2.24) is 10.2 Å². The summed E-state index contributed by atoms with van der Waals surface area (Å²) in [5, 5.41) is 16.7. The Hall–Kier alpha value is -1.62. The minimum atomic E-state index is -0.722. The molecule has 1 aromatic carbocycles. The van der Waals surface area contributed by atoms with Gasteiger partial charge in [-0.3, -0.25) is 0 Å². The number of rotatable bonds is 2. The predicted molar refractivity (Wildman–Crippen MR) is 53.2 cm³/mol. The summed E-state index contributed by atoms with van der Waals surface area (Å²) < 4.78 is 5.26. The predicted octanol–water partition coefficient (Wildman–Crippen LogP) is 0.557. The Balaban J connectivity index is 2.34. The third-order valence-corrected chi connectivity index (χ3v) is 1.82. The first kappa shape index (κ1) is 8.96. The summed E-state index contributed by atoms with van der Waals surface area (Å²) in [6.07, 6.45) is 0. The lowest BCUT2D eigenvalue weighted by molar-refractivity contribution is 0.548. The Morgan fingerprint density at radius 2 is 1.93 bits per heavy atom. The maximum atomic E-state index is 9.19. The van der Waals surface area contributed by atoms with Crippen LogP contribution in [0.3, 0.4) is 0 Å². The molecule has 0 fully saturated rings. The molecule has 0 saturated heterocycles. The van der Waals surface area contributed by atoms with Gasteiger partial charge in [0.25, 0.3) is 0 Å². The molecule has 0 saturated carbocycles. The normalized spacial score (nSPS) is 10.1. The topological polar surface area (TPSA) is 59.2 Å². The number of nitrogens with zero attached hydrogens (tertiary/aromatic N) is 2. The first-order valence-corrected chi connectivity index (χ1v) is 4.34. The molecular formula is C9H9BN2O2. The van der Waals surface area contributed by atoms with Crippen LogP contribution in [-0.2, 0) is 0 Å². The van der Waals surface area contributed by atoms with Gasteiger partial charge in [-0.05, 0) is 19.0 Å². The smallest absolute Gasteiger partial charge is 0.391 e. The van der Waals surface area contributed by atoms with Gasteiger partial charge in [-0.25, -0.2) is 0 Å². The van der Waals surface area contributed by atoms with E-state index >= 15 is 0 Å². The van der Waals surface area contributed by atoms with Crippen molar-refractivity contribution in [3.63, 3.8) is 0 Å². The van der Waals surface area contributed by atoms with E-state index in [1.807, 2.05) is 30.3 Å². The molecule has 14 heavy (non-hydrogen) atoms. The molecule has 0 aliphatic rings. The van der Waals surface area contributed by atoms with Crippen LogP contribution in [0.1, 0.15) is 0 Å². The van der Waals surface area contributed by atoms with Gasteiger partial charge in [0.2, 0.25) is 11.7 Å². The van der Waals surface area contributed by atoms with E-state index in [1.165, 1.54) is 0 Å². The standard InChI is InChI=1S/C9H9BN2O2/c1-10(13)9-12-11-8(14-9)7-5-3-2-4-6-7/h2-6,13H,1H3. The molecule has 5 heteroatoms. The average molecular weight is 188 g/mol. The second kappa shape index (κ2) is 3.63. The van der Waals surface area contributed by atoms with Crippen LogP contribution in [0, 0.1) is 0 Å². The summed E-state index contributed by atoms with van der Waals surface area (Å²) in [4.78, 5) is 0. The fraction of sp³-hybridized carbons (Fsp3) is 0.111. The molecule has 0 spiro atoms. The van der Waals surface area contributed by atoms with E-state index in [1.54, 1.807) is 6.82 Å². The second-order valence-corrected chi connectivity index (χ2v) is 2.99. The molecule has 0 atom stereocenters. The van der Waals surface area contributed by atoms with Crippen LogP contribution >= 0.6 is 0 Å². The van der Waals surface area contributed by atoms with E-state index in [4.69, 9.17) is 4.42 Å². The zero-order valence-electron chi connectivity index (χ0n) is 7.71. The summed E-state index contributed by atoms with van der Waals surface area (Å²) in [5.41, 5.74) is 0.854. The quantitative estimate of drug-likeness (QED) is 0.699. The SMILES string of the molecule is CB(O)c1nnc(-c2ccccc2)o1. The summed E-state index contributed by atoms with van der Waals surface area (Å²) in [5.74, 6) is 0.672. The van der Waals surface area contributed by atoms with Crippen LogP contribution in [0.15, 0.2) is 34.7 Å². The zero-order valence-corrected chi connectivity index (χ0v) is 7.71. The van der Waals surface area contributed by atoms with Gasteiger partial charge in [0.15, 0.2) is 0 Å². The number of hydrogen-bond acceptors (Lipinski definition) is 4. The Morgan fingerprint density at radius 3 is 2.50 bits per heavy atom. The largest absolute Gasteiger partial charge is 0.443 e. The lowest BCUT2D eigenvalue weighted by atomic mass is 9.72. The van der Waals surface area contributed by atoms with Crippen LogP contribution in [0.2, 0.25) is 6.82 Å². The molecule has 0 bridgehead atoms. The lowest BCUT2D eigenvalue weighted by Crippen LogP contribution is -2.27. The minimum absolute atomic E-state index is 0.240. The van der Waals surface area contributed by atoms with E-state index in [9.17, 15) is 5.02 Å². The van der Waals surface area contributed by atoms with Gasteiger partial charge in [0.1, 0.15) is 0 Å². The summed E-state index contributed by atoms with van der Waals surface area (Å²) >= 11 is 0. The minimum Gasteiger partial charge on any atom is -0.443 e. The number of hydrogen-bond donors (Lipinski definition) is 1. The van der Waals surface area contributed by atoms with Crippen LogP contribution < -0.4 is 5.79 Å². The maximum absolute atomic E-state index is 9.19. The first-order valence-electron chi connectivity index (χ1n) is 4.34. The van der Waals surface area contributed by atoms with E-state index in [0.717, 1.165) is 5.56 Å². The molecule has 1 heterocycles. The molecule has 0 unspecified atom stereocenters. The van der Waals surface area contributed by atoms with Gasteiger partial charge in [0.05, 0.1) is 0 Å². The summed E-state index contributed by atoms with van der Waals surface area (Å²) in [7, 11) is 0. The van der Waals surface area contributed by atoms with E-state index < -0.39 is 6.92 Å². The third-order valence-electron chi connectivity index (χ3n) is 1.82. The van der Waals surface area contributed by atoms with Crippen LogP contribution in [0.5, 0.6) is 0 Å². The molecule has 1 N–H and O–H groups in total. The molecule has 2 rings (SSSR count). The van der Waals surface area contributed by atoms with E-state index in [0.29, 0.717) is 5.89 Å². The molecule has 0 amide bonds. The molecule has 4 nitrogen and oxygen atoms in total. The van der Waals surface area contributed by atoms with Crippen molar-refractivity contribution in [2.75, 3.05) is 0 Å². The molecular weight excluding hydrogens is 179 g/mol. The highest BCUT2D eigenvalue weighted by molar-refractivity contribution is 6.62. The Labute approximate surface area is 81.7 Å². The fourth-order valence-corrected chi connectivity index (χ4v) is 1.10. The lowest BCUT2D eigenvalue weighted by Gasteiger charge is -1.92. The summed E-state index contributed by atoms with van der Waals surface area (Å²) in [6.45, 7) is 0.863. The van der Waals surface area contributed by atoms with Crippen LogP contribution in [0.25, 0.3) is 11.5 Å². The van der Waals surface area contributed by atoms with Gasteiger partial charge in [-0.1, -0.05) is 18.2 Å². The third kappa shape index (κ3) is 1.67. The van der Waals surface area contributed by atoms with Crippen molar-refractivity contribution in [3.05, 3.63) is 30.3 Å². The first-order chi connectivity index (χ1) is 6.77. The van der Waals surface area contributed by atoms with Crippen molar-refractivity contribution in [2.45, 2.75) is 6.82 Å². The summed E-state index contributed by atoms with van der Waals surface area (Å²) in [6, 6.07) is 9.44. The Bertz CT molecular complexity index is 414. The highest BCUT2D eigenvalue weighted by atomic mass is 16.4. The van der Waals surface area contributed by atoms with Crippen LogP contribution in [-0.4, -0.2) is 22.1 Å². The molecule has 2 aromatic rings. The van der Waals surface area contributed by atoms with Crippen LogP contribution in [0.4, 0.5) is 0 Å². The Kier molecular flexibility index (Phi) is 2.32. The van der Waals surface area contributed by atoms with Crippen molar-refractivity contribution in [2.24, 2.45) is 0 Å². The molecule has 1 aromatic heterocycles. The van der Waals surface area contributed by atoms with Crippen molar-refractivity contribution in [1.29, 1.82) is 0 Å². The number of benzene rings is 1. The van der Waals surface area contributed by atoms with Crippen molar-refractivity contribution in [3.8, 4) is 11.5 Å². The number of aromatic nitrogens is 2. The van der Waals surface area contributed by atoms with E-state index in [-0.39, 0.29) is 5.79 Å². The van der Waals surface area contributed by atoms with E-state index in [2.05, 4.69) is 10.2 Å². The molecule has 0 radical (unpaired) electrons. The van der Waals surface area contributed by atoms with Crippen molar-refractivity contribution < 1.29 is 9.44 Å². The van der Waals surface area contributed by atoms with Gasteiger partial charge in [0, 0.05) is 5.56 Å². The zero-order chi connectivity index (χ0) is 9.97. The maximum Gasteiger partial charge on any atom is 0.391 e. The monoisotopic (exact) mass is 188 g/mol. The van der Waals surface area contributed by atoms with Gasteiger partial charge >= 0.3 is 6.92 Å². The molecule has 0 aliphatic heterocycles. The average Bonchev–Trinajstić information content (AvgIpc) is 2.68. The van der Waals surface area contributed by atoms with Gasteiger partial charge in [-0.2, -0.15) is 0 Å². The van der Waals surface area contributed by atoms with Gasteiger partial charge < -0.3 is 9.44 Å². The van der Waals surface area contributed by atoms with Gasteiger partial charge in [-0.15, -0.1) is 10.2 Å². The molecule has 70 valence electrons.